The average Bonchev–Trinajstić information content (AvgIpc) is 2.45. The second-order valence-corrected chi connectivity index (χ2v) is 4.51. The van der Waals surface area contributed by atoms with Crippen molar-refractivity contribution >= 4 is 5.91 Å². The molecule has 0 radical (unpaired) electrons. The van der Waals surface area contributed by atoms with Gasteiger partial charge in [-0.1, -0.05) is 11.8 Å². The molecule has 0 bridgehead atoms. The molecule has 1 aliphatic heterocycles. The summed E-state index contributed by atoms with van der Waals surface area (Å²) in [6.45, 7) is 4.20. The SMILES string of the molecule is CC1COCCN1C(=O)c1ccc(C#CCN)cc1. The normalized spacial score (nSPS) is 18.6. The molecule has 19 heavy (non-hydrogen) atoms. The van der Waals surface area contributed by atoms with Crippen LogP contribution >= 0.6 is 0 Å². The molecule has 0 aromatic heterocycles. The number of carbonyl (C=O) groups excluding carboxylic acids is 1. The van der Waals surface area contributed by atoms with E-state index in [0.717, 1.165) is 5.56 Å². The van der Waals surface area contributed by atoms with Gasteiger partial charge in [0.25, 0.3) is 5.91 Å². The third kappa shape index (κ3) is 3.34. The van der Waals surface area contributed by atoms with Crippen molar-refractivity contribution in [3.63, 3.8) is 0 Å². The summed E-state index contributed by atoms with van der Waals surface area (Å²) >= 11 is 0. The monoisotopic (exact) mass is 258 g/mol. The van der Waals surface area contributed by atoms with Gasteiger partial charge < -0.3 is 15.4 Å². The highest BCUT2D eigenvalue weighted by Gasteiger charge is 2.24. The lowest BCUT2D eigenvalue weighted by molar-refractivity contribution is 0.00359. The van der Waals surface area contributed by atoms with Gasteiger partial charge in [0.15, 0.2) is 0 Å². The van der Waals surface area contributed by atoms with Gasteiger partial charge in [0.05, 0.1) is 25.8 Å². The number of nitrogens with two attached hydrogens (primary N) is 1. The number of benzene rings is 1. The van der Waals surface area contributed by atoms with E-state index in [1.54, 1.807) is 0 Å². The van der Waals surface area contributed by atoms with E-state index in [2.05, 4.69) is 11.8 Å². The molecule has 2 N–H and O–H groups in total. The Balaban J connectivity index is 2.10. The maximum absolute atomic E-state index is 12.3. The second-order valence-electron chi connectivity index (χ2n) is 4.51. The van der Waals surface area contributed by atoms with Gasteiger partial charge in [0.2, 0.25) is 0 Å². The van der Waals surface area contributed by atoms with Gasteiger partial charge in [0, 0.05) is 17.7 Å². The zero-order valence-electron chi connectivity index (χ0n) is 11.1. The lowest BCUT2D eigenvalue weighted by atomic mass is 10.1. The summed E-state index contributed by atoms with van der Waals surface area (Å²) in [5.74, 6) is 5.78. The van der Waals surface area contributed by atoms with Crippen LogP contribution in [0.4, 0.5) is 0 Å². The van der Waals surface area contributed by atoms with E-state index in [1.165, 1.54) is 0 Å². The molecule has 100 valence electrons. The molecule has 1 aliphatic rings. The highest BCUT2D eigenvalue weighted by molar-refractivity contribution is 5.94. The smallest absolute Gasteiger partial charge is 0.254 e. The number of hydrogen-bond acceptors (Lipinski definition) is 3. The van der Waals surface area contributed by atoms with Gasteiger partial charge >= 0.3 is 0 Å². The van der Waals surface area contributed by atoms with E-state index < -0.39 is 0 Å². The summed E-state index contributed by atoms with van der Waals surface area (Å²) < 4.78 is 5.34. The van der Waals surface area contributed by atoms with E-state index in [1.807, 2.05) is 36.1 Å². The quantitative estimate of drug-likeness (QED) is 0.760. The number of carbonyl (C=O) groups is 1. The Hall–Kier alpha value is -1.83. The van der Waals surface area contributed by atoms with Crippen LogP contribution in [0.2, 0.25) is 0 Å². The topological polar surface area (TPSA) is 55.6 Å². The number of amides is 1. The molecule has 1 aromatic rings. The standard InChI is InChI=1S/C15H18N2O2/c1-12-11-19-10-9-17(12)15(18)14-6-4-13(5-7-14)3-2-8-16/h4-7,12H,8-11,16H2,1H3. The molecule has 4 nitrogen and oxygen atoms in total. The van der Waals surface area contributed by atoms with Gasteiger partial charge in [-0.25, -0.2) is 0 Å². The first-order valence-electron chi connectivity index (χ1n) is 6.40. The van der Waals surface area contributed by atoms with Crippen LogP contribution in [0, 0.1) is 11.8 Å². The van der Waals surface area contributed by atoms with Crippen molar-refractivity contribution in [1.29, 1.82) is 0 Å². The molecule has 0 spiro atoms. The first-order valence-corrected chi connectivity index (χ1v) is 6.40. The van der Waals surface area contributed by atoms with Crippen LogP contribution in [-0.2, 0) is 4.74 Å². The summed E-state index contributed by atoms with van der Waals surface area (Å²) in [4.78, 5) is 14.2. The van der Waals surface area contributed by atoms with E-state index in [4.69, 9.17) is 10.5 Å². The maximum Gasteiger partial charge on any atom is 0.254 e. The molecule has 1 saturated heterocycles. The summed E-state index contributed by atoms with van der Waals surface area (Å²) in [5.41, 5.74) is 6.88. The number of nitrogens with zero attached hydrogens (tertiary/aromatic N) is 1. The predicted molar refractivity (Wildman–Crippen MR) is 73.7 cm³/mol. The second kappa shape index (κ2) is 6.37. The molecular weight excluding hydrogens is 240 g/mol. The molecule has 0 aliphatic carbocycles. The van der Waals surface area contributed by atoms with Crippen LogP contribution in [0.25, 0.3) is 0 Å². The lowest BCUT2D eigenvalue weighted by Crippen LogP contribution is -2.47. The van der Waals surface area contributed by atoms with E-state index in [9.17, 15) is 4.79 Å². The molecule has 2 rings (SSSR count). The number of ether oxygens (including phenoxy) is 1. The fraction of sp³-hybridized carbons (Fsp3) is 0.400. The van der Waals surface area contributed by atoms with Crippen molar-refractivity contribution in [1.82, 2.24) is 4.90 Å². The molecule has 1 fully saturated rings. The Labute approximate surface area is 113 Å². The van der Waals surface area contributed by atoms with Crippen LogP contribution in [-0.4, -0.2) is 43.2 Å². The van der Waals surface area contributed by atoms with E-state index in [0.29, 0.717) is 31.9 Å². The summed E-state index contributed by atoms with van der Waals surface area (Å²) in [6.07, 6.45) is 0. The first kappa shape index (κ1) is 13.6. The molecule has 1 aromatic carbocycles. The molecule has 1 heterocycles. The Morgan fingerprint density at radius 3 is 2.84 bits per heavy atom. The molecule has 0 saturated carbocycles. The zero-order chi connectivity index (χ0) is 13.7. The van der Waals surface area contributed by atoms with Crippen molar-refractivity contribution in [2.45, 2.75) is 13.0 Å². The molecule has 1 atom stereocenters. The van der Waals surface area contributed by atoms with Gasteiger partial charge in [-0.15, -0.1) is 0 Å². The summed E-state index contributed by atoms with van der Waals surface area (Å²) in [6, 6.07) is 7.44. The lowest BCUT2D eigenvalue weighted by Gasteiger charge is -2.33. The Morgan fingerprint density at radius 1 is 1.47 bits per heavy atom. The van der Waals surface area contributed by atoms with Crippen molar-refractivity contribution in [3.8, 4) is 11.8 Å². The van der Waals surface area contributed by atoms with Gasteiger partial charge in [-0.2, -0.15) is 0 Å². The molecule has 4 heteroatoms. The van der Waals surface area contributed by atoms with Crippen LogP contribution in [0.15, 0.2) is 24.3 Å². The first-order chi connectivity index (χ1) is 9.22. The average molecular weight is 258 g/mol. The highest BCUT2D eigenvalue weighted by atomic mass is 16.5. The highest BCUT2D eigenvalue weighted by Crippen LogP contribution is 2.13. The number of rotatable bonds is 1. The van der Waals surface area contributed by atoms with Crippen molar-refractivity contribution in [2.24, 2.45) is 5.73 Å². The summed E-state index contributed by atoms with van der Waals surface area (Å²) in [5, 5.41) is 0. The maximum atomic E-state index is 12.3. The van der Waals surface area contributed by atoms with Crippen LogP contribution in [0.5, 0.6) is 0 Å². The van der Waals surface area contributed by atoms with E-state index >= 15 is 0 Å². The minimum atomic E-state index is 0.0501. The Morgan fingerprint density at radius 2 is 2.21 bits per heavy atom. The van der Waals surface area contributed by atoms with Crippen molar-refractivity contribution in [2.75, 3.05) is 26.3 Å². The largest absolute Gasteiger partial charge is 0.377 e. The van der Waals surface area contributed by atoms with Gasteiger partial charge in [-0.05, 0) is 31.2 Å². The van der Waals surface area contributed by atoms with Crippen molar-refractivity contribution in [3.05, 3.63) is 35.4 Å². The summed E-state index contributed by atoms with van der Waals surface area (Å²) in [7, 11) is 0. The van der Waals surface area contributed by atoms with Crippen LogP contribution in [0.3, 0.4) is 0 Å². The van der Waals surface area contributed by atoms with Gasteiger partial charge in [-0.3, -0.25) is 4.79 Å². The fourth-order valence-corrected chi connectivity index (χ4v) is 2.04. The fourth-order valence-electron chi connectivity index (χ4n) is 2.04. The Bertz CT molecular complexity index is 499. The minimum Gasteiger partial charge on any atom is -0.377 e. The minimum absolute atomic E-state index is 0.0501. The number of morpholine rings is 1. The van der Waals surface area contributed by atoms with Crippen LogP contribution < -0.4 is 5.73 Å². The number of hydrogen-bond donors (Lipinski definition) is 1. The molecule has 1 unspecified atom stereocenters. The predicted octanol–water partition coefficient (Wildman–Crippen LogP) is 0.858. The van der Waals surface area contributed by atoms with Crippen molar-refractivity contribution < 1.29 is 9.53 Å². The zero-order valence-corrected chi connectivity index (χ0v) is 11.1. The van der Waals surface area contributed by atoms with Crippen LogP contribution in [0.1, 0.15) is 22.8 Å². The molecule has 1 amide bonds. The Kier molecular flexibility index (Phi) is 4.56. The molecular formula is C15H18N2O2. The van der Waals surface area contributed by atoms with E-state index in [-0.39, 0.29) is 11.9 Å². The third-order valence-electron chi connectivity index (χ3n) is 3.10. The third-order valence-corrected chi connectivity index (χ3v) is 3.10. The van der Waals surface area contributed by atoms with Gasteiger partial charge in [0.1, 0.15) is 0 Å².